The first-order chi connectivity index (χ1) is 15.7. The van der Waals surface area contributed by atoms with Crippen LogP contribution in [0.25, 0.3) is 10.2 Å². The predicted octanol–water partition coefficient (Wildman–Crippen LogP) is 4.25. The Bertz CT molecular complexity index is 1170. The number of hydrogen-bond donors (Lipinski definition) is 2. The highest BCUT2D eigenvalue weighted by molar-refractivity contribution is 7.20. The molecule has 0 saturated heterocycles. The van der Waals surface area contributed by atoms with Gasteiger partial charge in [-0.25, -0.2) is 4.98 Å². The molecule has 174 valence electrons. The highest BCUT2D eigenvalue weighted by Gasteiger charge is 2.33. The number of fused-ring (bicyclic) bond motifs is 1. The number of thiophene rings is 1. The summed E-state index contributed by atoms with van der Waals surface area (Å²) < 4.78 is 44.2. The zero-order chi connectivity index (χ0) is 23.6. The number of benzene rings is 1. The zero-order valence-corrected chi connectivity index (χ0v) is 18.6. The largest absolute Gasteiger partial charge is 0.484 e. The number of halogens is 3. The predicted molar refractivity (Wildman–Crippen MR) is 118 cm³/mol. The SMILES string of the molecule is Cc1c(C(=O)NCCc2ccc(OCC(=O)NC3CC3)cc2)sc2nc(C(F)(F)F)ccc12. The van der Waals surface area contributed by atoms with Crippen LogP contribution in [0.1, 0.15) is 39.3 Å². The first-order valence-electron chi connectivity index (χ1n) is 10.5. The Morgan fingerprint density at radius 1 is 1.15 bits per heavy atom. The average Bonchev–Trinajstić information content (AvgIpc) is 3.53. The van der Waals surface area contributed by atoms with E-state index in [2.05, 4.69) is 15.6 Å². The summed E-state index contributed by atoms with van der Waals surface area (Å²) in [5.74, 6) is 0.108. The molecule has 0 spiro atoms. The molecule has 2 amide bonds. The summed E-state index contributed by atoms with van der Waals surface area (Å²) in [5.41, 5.74) is 0.606. The molecule has 2 N–H and O–H groups in total. The Morgan fingerprint density at radius 2 is 1.88 bits per heavy atom. The minimum absolute atomic E-state index is 0.0280. The van der Waals surface area contributed by atoms with Gasteiger partial charge >= 0.3 is 6.18 Å². The third-order valence-electron chi connectivity index (χ3n) is 5.24. The summed E-state index contributed by atoms with van der Waals surface area (Å²) in [6, 6.07) is 9.82. The first kappa shape index (κ1) is 23.0. The summed E-state index contributed by atoms with van der Waals surface area (Å²) >= 11 is 0.953. The van der Waals surface area contributed by atoms with E-state index in [0.29, 0.717) is 40.6 Å². The van der Waals surface area contributed by atoms with Crippen LogP contribution in [-0.2, 0) is 17.4 Å². The zero-order valence-electron chi connectivity index (χ0n) is 17.8. The standard InChI is InChI=1S/C23H22F3N3O3S/c1-13-17-8-9-18(23(24,25)26)29-22(17)33-20(13)21(31)27-11-10-14-2-6-16(7-3-14)32-12-19(30)28-15-4-5-15/h2-3,6-9,15H,4-5,10-12H2,1H3,(H,27,31)(H,28,30). The fraction of sp³-hybridized carbons (Fsp3) is 0.348. The molecular formula is C23H22F3N3O3S. The van der Waals surface area contributed by atoms with Crippen LogP contribution < -0.4 is 15.4 Å². The lowest BCUT2D eigenvalue weighted by Crippen LogP contribution is -2.30. The Labute approximate surface area is 192 Å². The molecule has 4 rings (SSSR count). The van der Waals surface area contributed by atoms with Crippen LogP contribution >= 0.6 is 11.3 Å². The maximum atomic E-state index is 12.9. The minimum atomic E-state index is -4.53. The second-order valence-electron chi connectivity index (χ2n) is 7.88. The molecule has 0 unspecified atom stereocenters. The van der Waals surface area contributed by atoms with Gasteiger partial charge in [-0.05, 0) is 61.6 Å². The van der Waals surface area contributed by atoms with E-state index in [4.69, 9.17) is 4.74 Å². The van der Waals surface area contributed by atoms with Crippen molar-refractivity contribution in [3.63, 3.8) is 0 Å². The number of amides is 2. The van der Waals surface area contributed by atoms with Gasteiger partial charge in [0.15, 0.2) is 6.61 Å². The van der Waals surface area contributed by atoms with Gasteiger partial charge < -0.3 is 15.4 Å². The summed E-state index contributed by atoms with van der Waals surface area (Å²) in [7, 11) is 0. The van der Waals surface area contributed by atoms with E-state index in [1.54, 1.807) is 19.1 Å². The van der Waals surface area contributed by atoms with Crippen molar-refractivity contribution in [2.45, 2.75) is 38.4 Å². The fourth-order valence-corrected chi connectivity index (χ4v) is 4.37. The van der Waals surface area contributed by atoms with E-state index in [1.165, 1.54) is 6.07 Å². The fourth-order valence-electron chi connectivity index (χ4n) is 3.27. The van der Waals surface area contributed by atoms with Crippen LogP contribution in [0, 0.1) is 6.92 Å². The number of aromatic nitrogens is 1. The Hall–Kier alpha value is -3.14. The molecule has 2 heterocycles. The quantitative estimate of drug-likeness (QED) is 0.508. The highest BCUT2D eigenvalue weighted by atomic mass is 32.1. The molecular weight excluding hydrogens is 455 g/mol. The summed E-state index contributed by atoms with van der Waals surface area (Å²) in [5, 5.41) is 6.20. The van der Waals surface area contributed by atoms with Crippen molar-refractivity contribution in [2.24, 2.45) is 0 Å². The second-order valence-corrected chi connectivity index (χ2v) is 8.88. The number of carbonyl (C=O) groups excluding carboxylic acids is 2. The molecule has 0 radical (unpaired) electrons. The van der Waals surface area contributed by atoms with E-state index in [1.807, 2.05) is 12.1 Å². The summed E-state index contributed by atoms with van der Waals surface area (Å²) in [4.78, 5) is 28.5. The van der Waals surface area contributed by atoms with E-state index >= 15 is 0 Å². The minimum Gasteiger partial charge on any atom is -0.484 e. The number of aryl methyl sites for hydroxylation is 1. The topological polar surface area (TPSA) is 80.3 Å². The monoisotopic (exact) mass is 477 g/mol. The molecule has 0 atom stereocenters. The second kappa shape index (κ2) is 9.38. The van der Waals surface area contributed by atoms with Gasteiger partial charge in [0.25, 0.3) is 11.8 Å². The van der Waals surface area contributed by atoms with Crippen LogP contribution in [0.5, 0.6) is 5.75 Å². The normalized spacial score (nSPS) is 13.7. The van der Waals surface area contributed by atoms with Crippen molar-refractivity contribution in [1.29, 1.82) is 0 Å². The highest BCUT2D eigenvalue weighted by Crippen LogP contribution is 2.34. The van der Waals surface area contributed by atoms with Crippen molar-refractivity contribution in [2.75, 3.05) is 13.2 Å². The molecule has 10 heteroatoms. The Morgan fingerprint density at radius 3 is 2.55 bits per heavy atom. The Kier molecular flexibility index (Phi) is 6.55. The van der Waals surface area contributed by atoms with Gasteiger partial charge in [0.2, 0.25) is 0 Å². The molecule has 0 bridgehead atoms. The van der Waals surface area contributed by atoms with Gasteiger partial charge in [-0.3, -0.25) is 9.59 Å². The van der Waals surface area contributed by atoms with Crippen LogP contribution in [-0.4, -0.2) is 36.0 Å². The van der Waals surface area contributed by atoms with Crippen LogP contribution in [0.15, 0.2) is 36.4 Å². The average molecular weight is 478 g/mol. The number of alkyl halides is 3. The lowest BCUT2D eigenvalue weighted by Gasteiger charge is -2.08. The van der Waals surface area contributed by atoms with Gasteiger partial charge in [0.1, 0.15) is 16.3 Å². The summed E-state index contributed by atoms with van der Waals surface area (Å²) in [6.07, 6.45) is -1.92. The first-order valence-corrected chi connectivity index (χ1v) is 11.3. The van der Waals surface area contributed by atoms with E-state index in [-0.39, 0.29) is 23.3 Å². The van der Waals surface area contributed by atoms with Gasteiger partial charge in [0.05, 0.1) is 4.88 Å². The number of rotatable bonds is 8. The molecule has 1 aromatic carbocycles. The van der Waals surface area contributed by atoms with Crippen LogP contribution in [0.2, 0.25) is 0 Å². The van der Waals surface area contributed by atoms with Gasteiger partial charge in [-0.15, -0.1) is 11.3 Å². The number of nitrogens with zero attached hydrogens (tertiary/aromatic N) is 1. The number of carbonyl (C=O) groups is 2. The molecule has 2 aromatic heterocycles. The third kappa shape index (κ3) is 5.81. The van der Waals surface area contributed by atoms with Gasteiger partial charge in [-0.1, -0.05) is 12.1 Å². The van der Waals surface area contributed by atoms with Crippen molar-refractivity contribution in [3.8, 4) is 5.75 Å². The van der Waals surface area contributed by atoms with Crippen molar-refractivity contribution in [3.05, 3.63) is 58.1 Å². The maximum absolute atomic E-state index is 12.9. The molecule has 6 nitrogen and oxygen atoms in total. The van der Waals surface area contributed by atoms with Gasteiger partial charge in [-0.2, -0.15) is 13.2 Å². The third-order valence-corrected chi connectivity index (χ3v) is 6.44. The van der Waals surface area contributed by atoms with Crippen molar-refractivity contribution < 1.29 is 27.5 Å². The lowest BCUT2D eigenvalue weighted by molar-refractivity contribution is -0.140. The number of pyridine rings is 1. The molecule has 1 aliphatic rings. The molecule has 1 saturated carbocycles. The molecule has 33 heavy (non-hydrogen) atoms. The van der Waals surface area contributed by atoms with Crippen LogP contribution in [0.4, 0.5) is 13.2 Å². The summed E-state index contributed by atoms with van der Waals surface area (Å²) in [6.45, 7) is 2.03. The van der Waals surface area contributed by atoms with E-state index < -0.39 is 11.9 Å². The van der Waals surface area contributed by atoms with Gasteiger partial charge in [0, 0.05) is 18.0 Å². The number of hydrogen-bond acceptors (Lipinski definition) is 5. The van der Waals surface area contributed by atoms with E-state index in [0.717, 1.165) is 35.8 Å². The van der Waals surface area contributed by atoms with E-state index in [9.17, 15) is 22.8 Å². The molecule has 0 aliphatic heterocycles. The number of nitrogens with one attached hydrogen (secondary N) is 2. The molecule has 1 fully saturated rings. The Balaban J connectivity index is 1.29. The van der Waals surface area contributed by atoms with Crippen molar-refractivity contribution >= 4 is 33.4 Å². The van der Waals surface area contributed by atoms with Crippen molar-refractivity contribution in [1.82, 2.24) is 15.6 Å². The lowest BCUT2D eigenvalue weighted by atomic mass is 10.1. The molecule has 1 aliphatic carbocycles. The molecule has 3 aromatic rings. The number of ether oxygens (including phenoxy) is 1. The smallest absolute Gasteiger partial charge is 0.433 e. The maximum Gasteiger partial charge on any atom is 0.433 e. The van der Waals surface area contributed by atoms with Crippen LogP contribution in [0.3, 0.4) is 0 Å².